The molecule has 0 N–H and O–H groups in total. The van der Waals surface area contributed by atoms with Gasteiger partial charge in [0, 0.05) is 12.8 Å². The predicted octanol–water partition coefficient (Wildman–Crippen LogP) is 23.1. The third-order valence-corrected chi connectivity index (χ3v) is 26.1. The largest absolute Gasteiger partial charge is 0.488 e. The Morgan fingerprint density at radius 2 is 0.648 bits per heavy atom. The molecule has 0 amide bonds. The summed E-state index contributed by atoms with van der Waals surface area (Å²) in [5.41, 5.74) is 6.61. The van der Waals surface area contributed by atoms with Gasteiger partial charge in [0.05, 0.1) is 85.1 Å². The minimum Gasteiger partial charge on any atom is -0.488 e. The van der Waals surface area contributed by atoms with Crippen LogP contribution in [0.3, 0.4) is 0 Å². The highest BCUT2D eigenvalue weighted by Crippen LogP contribution is 2.42. The maximum Gasteiger partial charge on any atom is 0.342 e. The monoisotopic (exact) mass is 1660 g/mol. The number of fused-ring (bicyclic) bond motifs is 6. The molecule has 0 spiro atoms. The maximum absolute atomic E-state index is 15.9. The van der Waals surface area contributed by atoms with Gasteiger partial charge < -0.3 is 56.8 Å². The second-order valence-electron chi connectivity index (χ2n) is 36.2. The van der Waals surface area contributed by atoms with Crippen LogP contribution >= 0.6 is 0 Å². The van der Waals surface area contributed by atoms with E-state index in [1.165, 1.54) is 0 Å². The summed E-state index contributed by atoms with van der Waals surface area (Å²) in [7, 11) is 0. The fourth-order valence-electron chi connectivity index (χ4n) is 18.5. The van der Waals surface area contributed by atoms with E-state index in [1.807, 2.05) is 210 Å². The molecule has 122 heavy (non-hydrogen) atoms. The molecule has 13 rings (SSSR count). The van der Waals surface area contributed by atoms with Crippen LogP contribution in [0, 0.1) is 22.7 Å². The average Bonchev–Trinajstić information content (AvgIpc) is 0.821. The lowest BCUT2D eigenvalue weighted by Crippen LogP contribution is -2.45. The van der Waals surface area contributed by atoms with E-state index < -0.39 is 47.2 Å². The second-order valence-corrected chi connectivity index (χ2v) is 36.2. The first-order chi connectivity index (χ1) is 59.4. The first-order valence-electron chi connectivity index (χ1n) is 45.8. The summed E-state index contributed by atoms with van der Waals surface area (Å²) in [4.78, 5) is 60.0. The van der Waals surface area contributed by atoms with Gasteiger partial charge in [-0.05, 0) is 250 Å². The predicted molar refractivity (Wildman–Crippen MR) is 474 cm³/mol. The molecule has 5 aliphatic heterocycles. The van der Waals surface area contributed by atoms with Crippen LogP contribution in [0.2, 0.25) is 0 Å². The van der Waals surface area contributed by atoms with Crippen LogP contribution in [0.5, 0.6) is 11.5 Å². The van der Waals surface area contributed by atoms with Gasteiger partial charge in [0.2, 0.25) is 0 Å². The molecule has 8 aromatic carbocycles. The lowest BCUT2D eigenvalue weighted by Gasteiger charge is -2.40. The van der Waals surface area contributed by atoms with Gasteiger partial charge in [0.15, 0.2) is 0 Å². The average molecular weight is 1660 g/mol. The van der Waals surface area contributed by atoms with Gasteiger partial charge in [-0.25, -0.2) is 9.59 Å². The van der Waals surface area contributed by atoms with Crippen LogP contribution in [-0.4, -0.2) is 97.1 Å². The van der Waals surface area contributed by atoms with E-state index in [0.29, 0.717) is 100 Å². The van der Waals surface area contributed by atoms with Crippen molar-refractivity contribution in [1.29, 1.82) is 0 Å². The summed E-state index contributed by atoms with van der Waals surface area (Å²) in [5.74, 6) is -0.786. The molecule has 4 saturated heterocycles. The molecule has 0 radical (unpaired) electrons. The Balaban J connectivity index is 0.782. The molecule has 16 nitrogen and oxygen atoms in total. The summed E-state index contributed by atoms with van der Waals surface area (Å²) in [5, 5.41) is 0. The minimum absolute atomic E-state index is 0.0153. The fourth-order valence-corrected chi connectivity index (χ4v) is 18.5. The summed E-state index contributed by atoms with van der Waals surface area (Å²) in [6.07, 6.45) is 16.0. The molecular weight excluding hydrogens is 1530 g/mol. The molecule has 0 unspecified atom stereocenters. The van der Waals surface area contributed by atoms with Crippen molar-refractivity contribution in [3.8, 4) is 11.5 Å². The van der Waals surface area contributed by atoms with Crippen molar-refractivity contribution in [2.24, 2.45) is 22.7 Å². The van der Waals surface area contributed by atoms with Crippen molar-refractivity contribution in [3.05, 3.63) is 274 Å². The van der Waals surface area contributed by atoms with Gasteiger partial charge in [0.1, 0.15) is 61.3 Å². The second kappa shape index (κ2) is 46.1. The Labute approximate surface area is 725 Å². The number of aryl methyl sites for hydroxylation is 2. The molecule has 652 valence electrons. The Morgan fingerprint density at radius 1 is 0.336 bits per heavy atom. The molecule has 5 heterocycles. The van der Waals surface area contributed by atoms with E-state index in [2.05, 4.69) is 50.2 Å². The van der Waals surface area contributed by atoms with Gasteiger partial charge >= 0.3 is 23.9 Å². The van der Waals surface area contributed by atoms with Crippen molar-refractivity contribution < 1.29 is 76.0 Å². The van der Waals surface area contributed by atoms with E-state index >= 15 is 9.59 Å². The summed E-state index contributed by atoms with van der Waals surface area (Å²) in [6, 6.07) is 71.9. The number of carbonyl (C=O) groups excluding carboxylic acids is 4. The first-order valence-corrected chi connectivity index (χ1v) is 45.8. The van der Waals surface area contributed by atoms with Crippen molar-refractivity contribution in [2.45, 2.75) is 321 Å². The van der Waals surface area contributed by atoms with E-state index in [9.17, 15) is 9.59 Å². The van der Waals surface area contributed by atoms with Crippen LogP contribution in [0.1, 0.15) is 261 Å². The van der Waals surface area contributed by atoms with Crippen LogP contribution in [-0.2, 0) is 109 Å². The topological polar surface area (TPSA) is 179 Å². The standard InChI is InChI=1S/C106H132O16/c1-75-61-63-87-53-29-51-85(117-87)49-26-46-84-48-28-58-94(114-72-80-39-19-10-20-40-80)100(84)102(108)122-96(68-92(112-70-78-35-15-8-16-36-78)66-90-56-32-60-98(120-90)106(5,6)104(110)116-74-82-43-23-12-24-44-82)76(2)62-64-88-54-30-52-86(118-88)50-25-45-83-47-27-57-93(113-71-79-37-17-9-18-38-79)99(83)101(107)121-95(75)67-91(111-69-77-33-13-7-14-34-77)65-89-55-31-59-97(119-89)105(3,4)103(109)115-73-81-41-21-11-22-42-81/h7-24,27-28,33-44,47-48,57-58,75-76,85-92,95-98H,25-26,29-32,45-46,49-56,59-74H2,1-6H3/t75-,76-,85-,86-,87-,88-,89-,90-,91-,92-,95+,96+,97+,98+/m0/s1. The number of hydrogen-bond donors (Lipinski definition) is 0. The number of cyclic esters (lactones) is 2. The van der Waals surface area contributed by atoms with Gasteiger partial charge in [-0.1, -0.05) is 220 Å². The molecule has 0 aliphatic carbocycles. The Bertz CT molecular complexity index is 4180. The van der Waals surface area contributed by atoms with Gasteiger partial charge in [-0.2, -0.15) is 0 Å². The van der Waals surface area contributed by atoms with Crippen LogP contribution in [0.15, 0.2) is 218 Å². The number of hydrogen-bond acceptors (Lipinski definition) is 16. The van der Waals surface area contributed by atoms with Crippen molar-refractivity contribution >= 4 is 23.9 Å². The van der Waals surface area contributed by atoms with Gasteiger partial charge in [-0.15, -0.1) is 0 Å². The van der Waals surface area contributed by atoms with Crippen molar-refractivity contribution in [3.63, 3.8) is 0 Å². The van der Waals surface area contributed by atoms with E-state index in [-0.39, 0.29) is 99.0 Å². The van der Waals surface area contributed by atoms with E-state index in [1.54, 1.807) is 0 Å². The Morgan fingerprint density at radius 3 is 1.00 bits per heavy atom. The van der Waals surface area contributed by atoms with E-state index in [4.69, 9.17) is 56.8 Å². The number of carbonyl (C=O) groups is 4. The minimum atomic E-state index is -0.923. The zero-order chi connectivity index (χ0) is 84.9. The number of benzene rings is 8. The van der Waals surface area contributed by atoms with Crippen LogP contribution < -0.4 is 9.47 Å². The molecule has 14 atom stereocenters. The number of esters is 4. The molecule has 16 heteroatoms. The van der Waals surface area contributed by atoms with Gasteiger partial charge in [-0.3, -0.25) is 9.59 Å². The molecule has 0 saturated carbocycles. The Hall–Kier alpha value is -9.00. The molecule has 0 aromatic heterocycles. The van der Waals surface area contributed by atoms with Gasteiger partial charge in [0.25, 0.3) is 0 Å². The zero-order valence-electron chi connectivity index (χ0n) is 73.0. The smallest absolute Gasteiger partial charge is 0.342 e. The summed E-state index contributed by atoms with van der Waals surface area (Å²) in [6.45, 7) is 13.7. The lowest BCUT2D eigenvalue weighted by atomic mass is 9.81. The zero-order valence-corrected chi connectivity index (χ0v) is 73.0. The summed E-state index contributed by atoms with van der Waals surface area (Å²) < 4.78 is 82.4. The van der Waals surface area contributed by atoms with Crippen LogP contribution in [0.25, 0.3) is 0 Å². The van der Waals surface area contributed by atoms with Crippen LogP contribution in [0.4, 0.5) is 0 Å². The number of ether oxygens (including phenoxy) is 12. The fraction of sp³-hybridized carbons (Fsp3) is 0.509. The highest BCUT2D eigenvalue weighted by molar-refractivity contribution is 5.95. The van der Waals surface area contributed by atoms with E-state index in [0.717, 1.165) is 147 Å². The summed E-state index contributed by atoms with van der Waals surface area (Å²) >= 11 is 0. The SMILES string of the molecule is C[C@H]1CC[C@@H]2CCC[C@H](CCCc3cccc(OCc4ccccc4)c3C(=O)O[C@H](C[C@H](C[C@@H]3CCC[C@H](C(C)(C)C(=O)OCc4ccccc4)O3)OCc3ccccc3)[C@@H](C)CC[C@@H]3CCC[C@H](CCCc4cccc(OCc5ccccc5)c4C(=O)O[C@@H]1C[C@H](C[C@@H]1CCC[C@H](C(C)(C)C(=O)OCc4ccccc4)O1)OCc1ccccc1)O3)O2. The number of rotatable bonds is 28. The Kier molecular flexibility index (Phi) is 34.3. The molecule has 8 aromatic rings. The molecule has 5 aliphatic rings. The molecule has 4 bridgehead atoms. The molecule has 4 fully saturated rings. The first kappa shape index (κ1) is 90.7. The maximum atomic E-state index is 15.9. The lowest BCUT2D eigenvalue weighted by molar-refractivity contribution is -0.176. The third kappa shape index (κ3) is 27.0. The van der Waals surface area contributed by atoms with Crippen molar-refractivity contribution in [2.75, 3.05) is 0 Å². The third-order valence-electron chi connectivity index (χ3n) is 26.1. The van der Waals surface area contributed by atoms with Crippen molar-refractivity contribution in [1.82, 2.24) is 0 Å². The molecular formula is C106H132O16. The normalized spacial score (nSPS) is 24.3. The highest BCUT2D eigenvalue weighted by Gasteiger charge is 2.45. The highest BCUT2D eigenvalue weighted by atomic mass is 16.6. The quantitative estimate of drug-likeness (QED) is 0.0334.